The standard InChI is InChI=1S/C14H19ClN4.C2H4O2/c1-14(2)9-4-5-10(14)11(8-9)18-19(3)13-7-6-12(15)16-17-13;1-2(3)4/h6-7,9-10H,4-5,8H2,1-3H3;1H3,(H,3,4). The minimum absolute atomic E-state index is 0.408. The van der Waals surface area contributed by atoms with E-state index in [9.17, 15) is 0 Å². The quantitative estimate of drug-likeness (QED) is 0.835. The predicted octanol–water partition coefficient (Wildman–Crippen LogP) is 3.47. The van der Waals surface area contributed by atoms with Crippen molar-refractivity contribution in [3.8, 4) is 0 Å². The maximum Gasteiger partial charge on any atom is 0.300 e. The number of carboxylic acid groups (broad SMARTS) is 1. The normalized spacial score (nSPS) is 25.9. The summed E-state index contributed by atoms with van der Waals surface area (Å²) in [5.41, 5.74) is 1.73. The molecule has 0 spiro atoms. The van der Waals surface area contributed by atoms with E-state index in [4.69, 9.17) is 26.6 Å². The van der Waals surface area contributed by atoms with Crippen molar-refractivity contribution < 1.29 is 9.90 Å². The van der Waals surface area contributed by atoms with Crippen molar-refractivity contribution in [2.45, 2.75) is 40.0 Å². The smallest absolute Gasteiger partial charge is 0.300 e. The van der Waals surface area contributed by atoms with Crippen LogP contribution in [-0.4, -0.2) is 34.0 Å². The van der Waals surface area contributed by atoms with Gasteiger partial charge in [0, 0.05) is 25.6 Å². The summed E-state index contributed by atoms with van der Waals surface area (Å²) in [6, 6.07) is 3.59. The molecule has 3 rings (SSSR count). The van der Waals surface area contributed by atoms with E-state index in [1.807, 2.05) is 18.1 Å². The summed E-state index contributed by atoms with van der Waals surface area (Å²) >= 11 is 5.75. The molecule has 126 valence electrons. The van der Waals surface area contributed by atoms with Gasteiger partial charge in [-0.2, -0.15) is 5.10 Å². The van der Waals surface area contributed by atoms with Crippen molar-refractivity contribution in [1.82, 2.24) is 10.2 Å². The zero-order chi connectivity index (χ0) is 17.2. The zero-order valence-electron chi connectivity index (χ0n) is 14.0. The third-order valence-electron chi connectivity index (χ3n) is 4.84. The Morgan fingerprint density at radius 2 is 2.04 bits per heavy atom. The third kappa shape index (κ3) is 3.99. The van der Waals surface area contributed by atoms with Gasteiger partial charge in [-0.05, 0) is 42.7 Å². The third-order valence-corrected chi connectivity index (χ3v) is 5.04. The van der Waals surface area contributed by atoms with Crippen molar-refractivity contribution in [2.75, 3.05) is 12.1 Å². The molecule has 2 aliphatic carbocycles. The lowest BCUT2D eigenvalue weighted by atomic mass is 9.82. The molecule has 23 heavy (non-hydrogen) atoms. The summed E-state index contributed by atoms with van der Waals surface area (Å²) in [5.74, 6) is 1.32. The van der Waals surface area contributed by atoms with E-state index in [2.05, 4.69) is 24.0 Å². The predicted molar refractivity (Wildman–Crippen MR) is 90.8 cm³/mol. The first-order chi connectivity index (χ1) is 10.7. The van der Waals surface area contributed by atoms with E-state index in [0.717, 1.165) is 25.1 Å². The van der Waals surface area contributed by atoms with Crippen LogP contribution in [0, 0.1) is 17.3 Å². The first-order valence-corrected chi connectivity index (χ1v) is 8.09. The number of hydrogen-bond acceptors (Lipinski definition) is 5. The molecule has 1 aromatic heterocycles. The molecule has 2 bridgehead atoms. The molecular weight excluding hydrogens is 316 g/mol. The van der Waals surface area contributed by atoms with Crippen LogP contribution in [0.5, 0.6) is 0 Å². The molecule has 2 unspecified atom stereocenters. The van der Waals surface area contributed by atoms with Crippen LogP contribution >= 0.6 is 11.6 Å². The Hall–Kier alpha value is -1.69. The van der Waals surface area contributed by atoms with Gasteiger partial charge in [-0.15, -0.1) is 10.2 Å². The van der Waals surface area contributed by atoms with Crippen LogP contribution in [0.25, 0.3) is 0 Å². The lowest BCUT2D eigenvalue weighted by Gasteiger charge is -2.23. The Kier molecular flexibility index (Phi) is 5.24. The minimum Gasteiger partial charge on any atom is -0.481 e. The van der Waals surface area contributed by atoms with Crippen LogP contribution in [0.15, 0.2) is 17.2 Å². The fraction of sp³-hybridized carbons (Fsp3) is 0.625. The highest BCUT2D eigenvalue weighted by atomic mass is 35.5. The maximum absolute atomic E-state index is 9.00. The molecule has 0 aliphatic heterocycles. The Morgan fingerprint density at radius 1 is 1.39 bits per heavy atom. The molecular formula is C16H23ClN4O2. The summed E-state index contributed by atoms with van der Waals surface area (Å²) in [6.45, 7) is 5.83. The molecule has 1 aromatic rings. The summed E-state index contributed by atoms with van der Waals surface area (Å²) in [5, 5.41) is 22.3. The Bertz CT molecular complexity index is 597. The summed E-state index contributed by atoms with van der Waals surface area (Å²) in [7, 11) is 1.92. The van der Waals surface area contributed by atoms with Crippen LogP contribution in [0.3, 0.4) is 0 Å². The summed E-state index contributed by atoms with van der Waals surface area (Å²) < 4.78 is 0. The second-order valence-electron chi connectivity index (χ2n) is 6.70. The molecule has 0 radical (unpaired) electrons. The lowest BCUT2D eigenvalue weighted by molar-refractivity contribution is -0.134. The first kappa shape index (κ1) is 17.7. The van der Waals surface area contributed by atoms with Gasteiger partial charge in [0.25, 0.3) is 5.97 Å². The highest BCUT2D eigenvalue weighted by Crippen LogP contribution is 2.56. The number of anilines is 1. The van der Waals surface area contributed by atoms with Gasteiger partial charge < -0.3 is 5.11 Å². The lowest BCUT2D eigenvalue weighted by Crippen LogP contribution is -2.22. The average Bonchev–Trinajstić information content (AvgIpc) is 2.86. The molecule has 2 fully saturated rings. The number of hydrazone groups is 1. The fourth-order valence-corrected chi connectivity index (χ4v) is 3.69. The molecule has 2 aliphatic rings. The highest BCUT2D eigenvalue weighted by Gasteiger charge is 2.51. The van der Waals surface area contributed by atoms with Gasteiger partial charge in [-0.25, -0.2) is 5.01 Å². The van der Waals surface area contributed by atoms with Crippen LogP contribution < -0.4 is 5.01 Å². The maximum atomic E-state index is 9.00. The van der Waals surface area contributed by atoms with Crippen molar-refractivity contribution in [1.29, 1.82) is 0 Å². The molecule has 1 N–H and O–H groups in total. The van der Waals surface area contributed by atoms with Crippen LogP contribution in [0.1, 0.15) is 40.0 Å². The number of rotatable bonds is 2. The summed E-state index contributed by atoms with van der Waals surface area (Å²) in [4.78, 5) is 9.00. The van der Waals surface area contributed by atoms with E-state index in [-0.39, 0.29) is 0 Å². The molecule has 0 aromatic carbocycles. The highest BCUT2D eigenvalue weighted by molar-refractivity contribution is 6.29. The molecule has 2 atom stereocenters. The molecule has 0 saturated heterocycles. The van der Waals surface area contributed by atoms with Crippen molar-refractivity contribution in [3.05, 3.63) is 17.3 Å². The van der Waals surface area contributed by atoms with Gasteiger partial charge in [-0.3, -0.25) is 4.79 Å². The van der Waals surface area contributed by atoms with Gasteiger partial charge in [-0.1, -0.05) is 25.4 Å². The van der Waals surface area contributed by atoms with Crippen molar-refractivity contribution in [3.63, 3.8) is 0 Å². The van der Waals surface area contributed by atoms with Gasteiger partial charge >= 0.3 is 0 Å². The Morgan fingerprint density at radius 3 is 2.48 bits per heavy atom. The van der Waals surface area contributed by atoms with Gasteiger partial charge in [0.05, 0.1) is 0 Å². The Labute approximate surface area is 141 Å². The van der Waals surface area contributed by atoms with Crippen molar-refractivity contribution in [2.24, 2.45) is 22.4 Å². The fourth-order valence-electron chi connectivity index (χ4n) is 3.59. The number of aliphatic carboxylic acids is 1. The number of aromatic nitrogens is 2. The number of halogens is 1. The number of nitrogens with zero attached hydrogens (tertiary/aromatic N) is 4. The molecule has 6 nitrogen and oxygen atoms in total. The molecule has 2 saturated carbocycles. The van der Waals surface area contributed by atoms with Crippen LogP contribution in [0.4, 0.5) is 5.82 Å². The number of carboxylic acids is 1. The van der Waals surface area contributed by atoms with Crippen molar-refractivity contribution >= 4 is 29.1 Å². The Balaban J connectivity index is 0.000000433. The van der Waals surface area contributed by atoms with E-state index < -0.39 is 5.97 Å². The molecule has 0 amide bonds. The SMILES string of the molecule is CC(=O)O.CN(N=C1CC2CCC1C2(C)C)c1ccc(Cl)nn1. The first-order valence-electron chi connectivity index (χ1n) is 7.71. The van der Waals surface area contributed by atoms with E-state index in [0.29, 0.717) is 16.5 Å². The van der Waals surface area contributed by atoms with E-state index in [1.54, 1.807) is 6.07 Å². The molecule has 1 heterocycles. The van der Waals surface area contributed by atoms with Gasteiger partial charge in [0.15, 0.2) is 11.0 Å². The zero-order valence-corrected chi connectivity index (χ0v) is 14.7. The molecule has 7 heteroatoms. The van der Waals surface area contributed by atoms with Gasteiger partial charge in [0.1, 0.15) is 0 Å². The van der Waals surface area contributed by atoms with Crippen LogP contribution in [-0.2, 0) is 4.79 Å². The number of carbonyl (C=O) groups is 1. The number of hydrogen-bond donors (Lipinski definition) is 1. The number of fused-ring (bicyclic) bond motifs is 2. The van der Waals surface area contributed by atoms with E-state index >= 15 is 0 Å². The monoisotopic (exact) mass is 338 g/mol. The van der Waals surface area contributed by atoms with Crippen LogP contribution in [0.2, 0.25) is 5.15 Å². The van der Waals surface area contributed by atoms with E-state index in [1.165, 1.54) is 18.6 Å². The summed E-state index contributed by atoms with van der Waals surface area (Å²) in [6.07, 6.45) is 3.75. The second-order valence-corrected chi connectivity index (χ2v) is 7.09. The average molecular weight is 339 g/mol. The topological polar surface area (TPSA) is 78.7 Å². The second kappa shape index (κ2) is 6.83. The minimum atomic E-state index is -0.833. The van der Waals surface area contributed by atoms with Gasteiger partial charge in [0.2, 0.25) is 0 Å². The largest absolute Gasteiger partial charge is 0.481 e.